The summed E-state index contributed by atoms with van der Waals surface area (Å²) < 4.78 is 0. The van der Waals surface area contributed by atoms with Crippen LogP contribution in [0.1, 0.15) is 22.3 Å². The lowest BCUT2D eigenvalue weighted by atomic mass is 9.91. The first kappa shape index (κ1) is 32.7. The van der Waals surface area contributed by atoms with Gasteiger partial charge in [0.2, 0.25) is 0 Å². The number of likely N-dealkylation sites (N-methyl/N-ethyl adjacent to an activating group) is 1. The molecule has 5 nitrogen and oxygen atoms in total. The van der Waals surface area contributed by atoms with Gasteiger partial charge in [0.1, 0.15) is 12.2 Å². The molecular formula is C36H42N2O3S2. The summed E-state index contributed by atoms with van der Waals surface area (Å²) in [7, 11) is 1.73. The molecule has 2 amide bonds. The molecular weight excluding hydrogens is 573 g/mol. The van der Waals surface area contributed by atoms with Crippen molar-refractivity contribution in [3.8, 4) is 0 Å². The van der Waals surface area contributed by atoms with E-state index < -0.39 is 24.3 Å². The van der Waals surface area contributed by atoms with E-state index in [1.165, 1.54) is 5.56 Å². The van der Waals surface area contributed by atoms with Crippen LogP contribution in [0.4, 0.5) is 4.79 Å². The lowest BCUT2D eigenvalue weighted by molar-refractivity contribution is -0.0383. The predicted molar refractivity (Wildman–Crippen MR) is 180 cm³/mol. The molecule has 0 aliphatic carbocycles. The van der Waals surface area contributed by atoms with Gasteiger partial charge in [-0.3, -0.25) is 0 Å². The number of aliphatic hydroxyl groups excluding tert-OH is 2. The predicted octanol–water partition coefficient (Wildman–Crippen LogP) is 6.94. The van der Waals surface area contributed by atoms with Crippen molar-refractivity contribution in [2.45, 2.75) is 60.4 Å². The molecule has 7 heteroatoms. The molecule has 0 bridgehead atoms. The van der Waals surface area contributed by atoms with Crippen LogP contribution in [-0.2, 0) is 19.4 Å². The molecule has 226 valence electrons. The minimum atomic E-state index is -1.10. The Bertz CT molecular complexity index is 1440. The number of nitrogens with zero attached hydrogens (tertiary/aromatic N) is 2. The maximum absolute atomic E-state index is 13.9. The molecule has 0 saturated carbocycles. The van der Waals surface area contributed by atoms with E-state index in [0.717, 1.165) is 26.5 Å². The molecule has 1 aliphatic rings. The molecule has 0 spiro atoms. The van der Waals surface area contributed by atoms with Crippen LogP contribution in [0, 0.1) is 6.92 Å². The topological polar surface area (TPSA) is 64.0 Å². The van der Waals surface area contributed by atoms with Crippen LogP contribution in [0.25, 0.3) is 0 Å². The lowest BCUT2D eigenvalue weighted by Crippen LogP contribution is -2.50. The van der Waals surface area contributed by atoms with Gasteiger partial charge < -0.3 is 20.0 Å². The third kappa shape index (κ3) is 8.89. The Kier molecular flexibility index (Phi) is 12.2. The number of hydrogen-bond donors (Lipinski definition) is 2. The molecule has 2 N–H and O–H groups in total. The van der Waals surface area contributed by atoms with E-state index in [1.54, 1.807) is 40.4 Å². The first-order valence-electron chi connectivity index (χ1n) is 14.5. The molecule has 0 aromatic heterocycles. The number of aryl methyl sites for hydroxylation is 1. The quantitative estimate of drug-likeness (QED) is 0.211. The van der Waals surface area contributed by atoms with Crippen LogP contribution in [0.3, 0.4) is 0 Å². The van der Waals surface area contributed by atoms with Gasteiger partial charge in [-0.2, -0.15) is 0 Å². The average Bonchev–Trinajstić information content (AvgIpc) is 3.10. The van der Waals surface area contributed by atoms with E-state index in [-0.39, 0.29) is 6.03 Å². The van der Waals surface area contributed by atoms with Crippen LogP contribution in [0.2, 0.25) is 0 Å². The number of carbonyl (C=O) groups excluding carboxylic acids is 1. The zero-order valence-corrected chi connectivity index (χ0v) is 27.0. The average molecular weight is 615 g/mol. The molecule has 1 fully saturated rings. The number of rotatable bonds is 8. The van der Waals surface area contributed by atoms with Crippen LogP contribution < -0.4 is 0 Å². The summed E-state index contributed by atoms with van der Waals surface area (Å²) in [5.74, 6) is 0. The van der Waals surface area contributed by atoms with Gasteiger partial charge in [0.05, 0.1) is 12.1 Å². The molecule has 4 atom stereocenters. The monoisotopic (exact) mass is 614 g/mol. The van der Waals surface area contributed by atoms with Gasteiger partial charge in [0.15, 0.2) is 0 Å². The second-order valence-corrected chi connectivity index (χ2v) is 12.6. The Hall–Kier alpha value is -3.23. The van der Waals surface area contributed by atoms with Crippen molar-refractivity contribution in [1.29, 1.82) is 0 Å². The van der Waals surface area contributed by atoms with E-state index in [0.29, 0.717) is 19.4 Å². The number of amides is 2. The number of thioether (sulfide) groups is 2. The maximum Gasteiger partial charge on any atom is 0.320 e. The van der Waals surface area contributed by atoms with Crippen molar-refractivity contribution in [2.75, 3.05) is 19.6 Å². The van der Waals surface area contributed by atoms with Gasteiger partial charge in [0.25, 0.3) is 0 Å². The SMILES string of the molecule is CSc1cccc(C[C@@H]2[C@H](O)[C@@H](O)[C@@H](Cc3cccc(SC)c3)N(Cc3ccccc3)C(=O)N2C)c1.Cc1ccccc1. The third-order valence-electron chi connectivity index (χ3n) is 7.88. The fourth-order valence-electron chi connectivity index (χ4n) is 5.42. The first-order chi connectivity index (χ1) is 20.8. The normalized spacial score (nSPS) is 20.3. The van der Waals surface area contributed by atoms with E-state index in [1.807, 2.05) is 97.4 Å². The zero-order valence-electron chi connectivity index (χ0n) is 25.3. The van der Waals surface area contributed by atoms with Gasteiger partial charge in [-0.15, -0.1) is 23.5 Å². The Morgan fingerprint density at radius 2 is 1.12 bits per heavy atom. The molecule has 43 heavy (non-hydrogen) atoms. The van der Waals surface area contributed by atoms with E-state index in [4.69, 9.17) is 0 Å². The molecule has 0 unspecified atom stereocenters. The van der Waals surface area contributed by atoms with Gasteiger partial charge in [-0.1, -0.05) is 90.5 Å². The number of benzene rings is 4. The summed E-state index contributed by atoms with van der Waals surface area (Å²) in [4.78, 5) is 19.5. The van der Waals surface area contributed by atoms with Crippen molar-refractivity contribution in [2.24, 2.45) is 0 Å². The van der Waals surface area contributed by atoms with Gasteiger partial charge in [-0.05, 0) is 73.2 Å². The van der Waals surface area contributed by atoms with Crippen molar-refractivity contribution < 1.29 is 15.0 Å². The highest BCUT2D eigenvalue weighted by Gasteiger charge is 2.45. The Morgan fingerprint density at radius 1 is 0.651 bits per heavy atom. The van der Waals surface area contributed by atoms with Gasteiger partial charge in [-0.25, -0.2) is 4.79 Å². The number of urea groups is 1. The minimum absolute atomic E-state index is 0.188. The molecule has 4 aromatic rings. The standard InChI is InChI=1S/C29H34N2O3S2.C7H8/c1-30-25(17-21-11-7-13-23(15-21)35-2)27(32)28(33)26(18-22-12-8-14-24(16-22)36-3)31(29(30)34)19-20-9-5-4-6-10-20;1-7-5-3-2-4-6-7/h4-16,25-28,32-33H,17-19H2,1-3H3;2-6H,1H3/t25-,26-,27+,28+;/m1./s1. The molecule has 1 aliphatic heterocycles. The van der Waals surface area contributed by atoms with Gasteiger partial charge in [0, 0.05) is 23.4 Å². The van der Waals surface area contributed by atoms with E-state index >= 15 is 0 Å². The summed E-state index contributed by atoms with van der Waals surface area (Å²) in [5, 5.41) is 23.0. The highest BCUT2D eigenvalue weighted by molar-refractivity contribution is 7.98. The number of carbonyl (C=O) groups is 1. The smallest absolute Gasteiger partial charge is 0.320 e. The van der Waals surface area contributed by atoms with Crippen LogP contribution in [0.5, 0.6) is 0 Å². The summed E-state index contributed by atoms with van der Waals surface area (Å²) in [6.45, 7) is 2.44. The summed E-state index contributed by atoms with van der Waals surface area (Å²) in [5.41, 5.74) is 4.36. The highest BCUT2D eigenvalue weighted by Crippen LogP contribution is 2.29. The lowest BCUT2D eigenvalue weighted by Gasteiger charge is -2.34. The summed E-state index contributed by atoms with van der Waals surface area (Å²) in [6.07, 6.45) is 2.77. The van der Waals surface area contributed by atoms with E-state index in [2.05, 4.69) is 31.2 Å². The number of aliphatic hydroxyl groups is 2. The molecule has 1 saturated heterocycles. The van der Waals surface area contributed by atoms with Crippen LogP contribution in [0.15, 0.2) is 119 Å². The largest absolute Gasteiger partial charge is 0.388 e. The highest BCUT2D eigenvalue weighted by atomic mass is 32.2. The van der Waals surface area contributed by atoms with E-state index in [9.17, 15) is 15.0 Å². The maximum atomic E-state index is 13.9. The van der Waals surface area contributed by atoms with Crippen molar-refractivity contribution in [3.63, 3.8) is 0 Å². The van der Waals surface area contributed by atoms with Crippen LogP contribution >= 0.6 is 23.5 Å². The molecule has 1 heterocycles. The zero-order chi connectivity index (χ0) is 30.8. The minimum Gasteiger partial charge on any atom is -0.388 e. The van der Waals surface area contributed by atoms with Crippen LogP contribution in [-0.4, -0.2) is 69.9 Å². The Balaban J connectivity index is 0.000000530. The molecule has 5 rings (SSSR count). The van der Waals surface area contributed by atoms with Crippen molar-refractivity contribution in [3.05, 3.63) is 131 Å². The second kappa shape index (κ2) is 16.0. The summed E-state index contributed by atoms with van der Waals surface area (Å²) in [6, 6.07) is 35.0. The molecule has 4 aromatic carbocycles. The Labute approximate surface area is 264 Å². The molecule has 0 radical (unpaired) electrons. The van der Waals surface area contributed by atoms with Crippen molar-refractivity contribution >= 4 is 29.6 Å². The second-order valence-electron chi connectivity index (χ2n) is 10.9. The summed E-state index contributed by atoms with van der Waals surface area (Å²) >= 11 is 3.31. The first-order valence-corrected chi connectivity index (χ1v) is 17.0. The van der Waals surface area contributed by atoms with Crippen molar-refractivity contribution in [1.82, 2.24) is 9.80 Å². The fourth-order valence-corrected chi connectivity index (χ4v) is 6.39. The Morgan fingerprint density at radius 3 is 1.60 bits per heavy atom. The third-order valence-corrected chi connectivity index (χ3v) is 9.33. The van der Waals surface area contributed by atoms with Gasteiger partial charge >= 0.3 is 6.03 Å². The fraction of sp³-hybridized carbons (Fsp3) is 0.306. The number of hydrogen-bond acceptors (Lipinski definition) is 5.